The summed E-state index contributed by atoms with van der Waals surface area (Å²) in [5, 5.41) is 12.9. The van der Waals surface area contributed by atoms with E-state index in [4.69, 9.17) is 9.47 Å². The van der Waals surface area contributed by atoms with Gasteiger partial charge in [0, 0.05) is 0 Å². The first-order valence-electron chi connectivity index (χ1n) is 9.17. The lowest BCUT2D eigenvalue weighted by molar-refractivity contribution is -0.128. The molecule has 3 rings (SSSR count). The molecule has 2 aromatic carbocycles. The molecule has 3 amide bonds. The predicted molar refractivity (Wildman–Crippen MR) is 103 cm³/mol. The zero-order valence-electron chi connectivity index (χ0n) is 15.7. The summed E-state index contributed by atoms with van der Waals surface area (Å²) in [5.74, 6) is 0.955. The molecule has 0 saturated carbocycles. The number of aryl methyl sites for hydroxylation is 1. The Kier molecular flexibility index (Phi) is 6.49. The summed E-state index contributed by atoms with van der Waals surface area (Å²) in [6, 6.07) is 15.7. The zero-order valence-corrected chi connectivity index (χ0v) is 15.7. The van der Waals surface area contributed by atoms with Crippen molar-refractivity contribution < 1.29 is 24.2 Å². The Morgan fingerprint density at radius 3 is 2.43 bits per heavy atom. The van der Waals surface area contributed by atoms with Gasteiger partial charge in [-0.3, -0.25) is 9.69 Å². The number of urea groups is 1. The molecule has 1 saturated heterocycles. The third-order valence-electron chi connectivity index (χ3n) is 4.57. The number of β-amino-alcohol motifs (C(OH)–C–C–N with tert-alkyl or cyclic N) is 1. The number of hydrogen-bond donors (Lipinski definition) is 2. The van der Waals surface area contributed by atoms with Gasteiger partial charge in [0.1, 0.15) is 30.3 Å². The molecule has 0 aliphatic carbocycles. The SMILES string of the molecule is COc1ccc(OCC(O)CN2C(=O)NC(CCc3ccccc3)C2=O)cc1. The number of nitrogens with zero attached hydrogens (tertiary/aromatic N) is 1. The first kappa shape index (κ1) is 19.7. The maximum absolute atomic E-state index is 12.5. The highest BCUT2D eigenvalue weighted by Gasteiger charge is 2.38. The Bertz CT molecular complexity index is 794. The van der Waals surface area contributed by atoms with Crippen LogP contribution in [0.15, 0.2) is 54.6 Å². The number of rotatable bonds is 9. The van der Waals surface area contributed by atoms with Gasteiger partial charge in [0.25, 0.3) is 5.91 Å². The average molecular weight is 384 g/mol. The highest BCUT2D eigenvalue weighted by molar-refractivity contribution is 6.04. The van der Waals surface area contributed by atoms with Crippen molar-refractivity contribution in [2.45, 2.75) is 25.0 Å². The molecular weight excluding hydrogens is 360 g/mol. The number of imide groups is 1. The van der Waals surface area contributed by atoms with Crippen molar-refractivity contribution in [1.29, 1.82) is 0 Å². The van der Waals surface area contributed by atoms with Crippen LogP contribution in [0.3, 0.4) is 0 Å². The second kappa shape index (κ2) is 9.23. The fourth-order valence-corrected chi connectivity index (χ4v) is 3.03. The smallest absolute Gasteiger partial charge is 0.324 e. The molecule has 1 aliphatic heterocycles. The van der Waals surface area contributed by atoms with Gasteiger partial charge >= 0.3 is 6.03 Å². The number of ether oxygens (including phenoxy) is 2. The number of nitrogens with one attached hydrogen (secondary N) is 1. The molecule has 7 heteroatoms. The van der Waals surface area contributed by atoms with Gasteiger partial charge in [0.2, 0.25) is 0 Å². The molecule has 2 N–H and O–H groups in total. The number of methoxy groups -OCH3 is 1. The molecule has 2 unspecified atom stereocenters. The van der Waals surface area contributed by atoms with E-state index < -0.39 is 18.2 Å². The second-order valence-electron chi connectivity index (χ2n) is 6.62. The minimum absolute atomic E-state index is 0.0297. The second-order valence-corrected chi connectivity index (χ2v) is 6.62. The lowest BCUT2D eigenvalue weighted by Crippen LogP contribution is -2.40. The normalized spacial score (nSPS) is 17.4. The summed E-state index contributed by atoms with van der Waals surface area (Å²) in [6.45, 7) is -0.138. The van der Waals surface area contributed by atoms with Crippen LogP contribution in [0, 0.1) is 0 Å². The third kappa shape index (κ3) is 5.01. The quantitative estimate of drug-likeness (QED) is 0.646. The molecule has 28 heavy (non-hydrogen) atoms. The predicted octanol–water partition coefficient (Wildman–Crippen LogP) is 1.99. The molecule has 1 aliphatic rings. The third-order valence-corrected chi connectivity index (χ3v) is 4.57. The zero-order chi connectivity index (χ0) is 19.9. The Morgan fingerprint density at radius 2 is 1.75 bits per heavy atom. The standard InChI is InChI=1S/C21H24N2O5/c1-27-17-8-10-18(11-9-17)28-14-16(24)13-23-20(25)19(22-21(23)26)12-7-15-5-3-2-4-6-15/h2-6,8-11,16,19,24H,7,12-14H2,1H3,(H,22,26). The van der Waals surface area contributed by atoms with Gasteiger partial charge < -0.3 is 19.9 Å². The van der Waals surface area contributed by atoms with E-state index >= 15 is 0 Å². The van der Waals surface area contributed by atoms with E-state index in [2.05, 4.69) is 5.32 Å². The number of aliphatic hydroxyl groups is 1. The summed E-state index contributed by atoms with van der Waals surface area (Å²) in [7, 11) is 1.57. The van der Waals surface area contributed by atoms with Gasteiger partial charge in [0.15, 0.2) is 0 Å². The van der Waals surface area contributed by atoms with Crippen molar-refractivity contribution in [3.8, 4) is 11.5 Å². The Labute approximate surface area is 163 Å². The summed E-state index contributed by atoms with van der Waals surface area (Å²) >= 11 is 0. The molecule has 1 fully saturated rings. The van der Waals surface area contributed by atoms with Gasteiger partial charge in [-0.1, -0.05) is 30.3 Å². The Hall–Kier alpha value is -3.06. The van der Waals surface area contributed by atoms with E-state index in [9.17, 15) is 14.7 Å². The molecule has 148 valence electrons. The minimum Gasteiger partial charge on any atom is -0.497 e. The number of amides is 3. The van der Waals surface area contributed by atoms with Crippen LogP contribution in [0.2, 0.25) is 0 Å². The van der Waals surface area contributed by atoms with E-state index in [1.807, 2.05) is 30.3 Å². The average Bonchev–Trinajstić information content (AvgIpc) is 2.99. The van der Waals surface area contributed by atoms with Crippen molar-refractivity contribution in [1.82, 2.24) is 10.2 Å². The van der Waals surface area contributed by atoms with Gasteiger partial charge in [-0.15, -0.1) is 0 Å². The van der Waals surface area contributed by atoms with Crippen LogP contribution in [0.25, 0.3) is 0 Å². The molecule has 2 aromatic rings. The molecule has 0 radical (unpaired) electrons. The highest BCUT2D eigenvalue weighted by atomic mass is 16.5. The number of hydrogen-bond acceptors (Lipinski definition) is 5. The number of carbonyl (C=O) groups excluding carboxylic acids is 2. The van der Waals surface area contributed by atoms with Crippen LogP contribution < -0.4 is 14.8 Å². The molecular formula is C21H24N2O5. The molecule has 0 aromatic heterocycles. The highest BCUT2D eigenvalue weighted by Crippen LogP contribution is 2.18. The van der Waals surface area contributed by atoms with Crippen LogP contribution in [-0.2, 0) is 11.2 Å². The van der Waals surface area contributed by atoms with Crippen LogP contribution >= 0.6 is 0 Å². The van der Waals surface area contributed by atoms with Crippen molar-refractivity contribution >= 4 is 11.9 Å². The fourth-order valence-electron chi connectivity index (χ4n) is 3.03. The molecule has 1 heterocycles. The van der Waals surface area contributed by atoms with E-state index in [0.717, 1.165) is 10.5 Å². The Morgan fingerprint density at radius 1 is 1.07 bits per heavy atom. The Balaban J connectivity index is 1.47. The lowest BCUT2D eigenvalue weighted by Gasteiger charge is -2.18. The topological polar surface area (TPSA) is 88.1 Å². The largest absolute Gasteiger partial charge is 0.497 e. The van der Waals surface area contributed by atoms with Crippen molar-refractivity contribution in [2.75, 3.05) is 20.3 Å². The number of benzene rings is 2. The minimum atomic E-state index is -0.982. The molecule has 0 spiro atoms. The summed E-state index contributed by atoms with van der Waals surface area (Å²) in [6.07, 6.45) is 0.225. The maximum atomic E-state index is 12.5. The summed E-state index contributed by atoms with van der Waals surface area (Å²) in [5.41, 5.74) is 1.11. The van der Waals surface area contributed by atoms with Crippen molar-refractivity contribution in [3.05, 3.63) is 60.2 Å². The van der Waals surface area contributed by atoms with Crippen molar-refractivity contribution in [2.24, 2.45) is 0 Å². The van der Waals surface area contributed by atoms with Crippen LogP contribution in [0.1, 0.15) is 12.0 Å². The lowest BCUT2D eigenvalue weighted by atomic mass is 10.1. The molecule has 0 bridgehead atoms. The monoisotopic (exact) mass is 384 g/mol. The van der Waals surface area contributed by atoms with Gasteiger partial charge in [-0.25, -0.2) is 4.79 Å². The van der Waals surface area contributed by atoms with Crippen LogP contribution in [0.5, 0.6) is 11.5 Å². The molecule has 2 atom stereocenters. The van der Waals surface area contributed by atoms with E-state index in [1.165, 1.54) is 0 Å². The van der Waals surface area contributed by atoms with Gasteiger partial charge in [-0.05, 0) is 42.7 Å². The van der Waals surface area contributed by atoms with E-state index in [1.54, 1.807) is 31.4 Å². The van der Waals surface area contributed by atoms with Crippen LogP contribution in [0.4, 0.5) is 4.79 Å². The summed E-state index contributed by atoms with van der Waals surface area (Å²) < 4.78 is 10.6. The first-order valence-corrected chi connectivity index (χ1v) is 9.17. The number of carbonyl (C=O) groups is 2. The van der Waals surface area contributed by atoms with E-state index in [-0.39, 0.29) is 19.1 Å². The van der Waals surface area contributed by atoms with E-state index in [0.29, 0.717) is 24.3 Å². The molecule has 7 nitrogen and oxygen atoms in total. The van der Waals surface area contributed by atoms with Crippen molar-refractivity contribution in [3.63, 3.8) is 0 Å². The first-order chi connectivity index (χ1) is 13.6. The van der Waals surface area contributed by atoms with Gasteiger partial charge in [0.05, 0.1) is 13.7 Å². The van der Waals surface area contributed by atoms with Crippen LogP contribution in [-0.4, -0.2) is 54.4 Å². The number of aliphatic hydroxyl groups excluding tert-OH is 1. The maximum Gasteiger partial charge on any atom is 0.324 e. The fraction of sp³-hybridized carbons (Fsp3) is 0.333. The van der Waals surface area contributed by atoms with Gasteiger partial charge in [-0.2, -0.15) is 0 Å². The summed E-state index contributed by atoms with van der Waals surface area (Å²) in [4.78, 5) is 25.7.